The molecule has 2 aliphatic heterocycles. The quantitative estimate of drug-likeness (QED) is 0.884. The third kappa shape index (κ3) is 3.90. The van der Waals surface area contributed by atoms with Gasteiger partial charge in [-0.1, -0.05) is 0 Å². The third-order valence-corrected chi connectivity index (χ3v) is 5.26. The first-order valence-electron chi connectivity index (χ1n) is 9.41. The number of nitrogens with zero attached hydrogens (tertiary/aromatic N) is 4. The van der Waals surface area contributed by atoms with E-state index in [0.29, 0.717) is 19.0 Å². The van der Waals surface area contributed by atoms with Crippen molar-refractivity contribution in [2.24, 2.45) is 0 Å². The number of carbonyl (C=O) groups excluding carboxylic acids is 1. The molecule has 1 aromatic heterocycles. The molecule has 144 valence electrons. The number of methoxy groups -OCH3 is 1. The van der Waals surface area contributed by atoms with Crippen LogP contribution in [0.15, 0.2) is 24.5 Å². The second-order valence-corrected chi connectivity index (χ2v) is 6.89. The second-order valence-electron chi connectivity index (χ2n) is 6.89. The van der Waals surface area contributed by atoms with Gasteiger partial charge in [0, 0.05) is 51.1 Å². The normalized spacial score (nSPS) is 18.6. The number of carbonyl (C=O) groups is 1. The number of anilines is 1. The summed E-state index contributed by atoms with van der Waals surface area (Å²) in [6.07, 6.45) is 3.30. The summed E-state index contributed by atoms with van der Waals surface area (Å²) in [5.74, 6) is 0.580. The number of fused-ring (bicyclic) bond motifs is 1. The van der Waals surface area contributed by atoms with Crippen LogP contribution in [0.1, 0.15) is 12.8 Å². The van der Waals surface area contributed by atoms with E-state index in [4.69, 9.17) is 9.47 Å². The van der Waals surface area contributed by atoms with Gasteiger partial charge < -0.3 is 24.6 Å². The number of rotatable bonds is 3. The fourth-order valence-electron chi connectivity index (χ4n) is 3.66. The monoisotopic (exact) mass is 371 g/mol. The molecule has 2 saturated heterocycles. The highest BCUT2D eigenvalue weighted by molar-refractivity contribution is 5.86. The Kier molecular flexibility index (Phi) is 5.24. The highest BCUT2D eigenvalue weighted by Crippen LogP contribution is 2.27. The Morgan fingerprint density at radius 1 is 1.19 bits per heavy atom. The average molecular weight is 371 g/mol. The molecule has 8 heteroatoms. The molecule has 4 rings (SSSR count). The van der Waals surface area contributed by atoms with Gasteiger partial charge in [0.1, 0.15) is 6.33 Å². The Morgan fingerprint density at radius 2 is 1.96 bits per heavy atom. The summed E-state index contributed by atoms with van der Waals surface area (Å²) in [7, 11) is 1.62. The lowest BCUT2D eigenvalue weighted by Gasteiger charge is -2.37. The maximum Gasteiger partial charge on any atom is 0.317 e. The van der Waals surface area contributed by atoms with Crippen LogP contribution in [0.5, 0.6) is 5.88 Å². The van der Waals surface area contributed by atoms with Crippen LogP contribution >= 0.6 is 0 Å². The van der Waals surface area contributed by atoms with Crippen LogP contribution in [0.4, 0.5) is 10.5 Å². The lowest BCUT2D eigenvalue weighted by Crippen LogP contribution is -2.54. The molecule has 1 N–H and O–H groups in total. The van der Waals surface area contributed by atoms with Crippen molar-refractivity contribution in [3.8, 4) is 5.88 Å². The smallest absolute Gasteiger partial charge is 0.317 e. The Morgan fingerprint density at radius 3 is 2.70 bits per heavy atom. The van der Waals surface area contributed by atoms with Gasteiger partial charge in [0.2, 0.25) is 5.88 Å². The van der Waals surface area contributed by atoms with Crippen LogP contribution < -0.4 is 15.0 Å². The highest BCUT2D eigenvalue weighted by Gasteiger charge is 2.24. The molecule has 0 atom stereocenters. The molecule has 0 saturated carbocycles. The van der Waals surface area contributed by atoms with Crippen molar-refractivity contribution >= 4 is 22.6 Å². The first kappa shape index (κ1) is 17.8. The molecule has 0 radical (unpaired) electrons. The zero-order valence-corrected chi connectivity index (χ0v) is 15.6. The van der Waals surface area contributed by atoms with Crippen LogP contribution in [0, 0.1) is 0 Å². The van der Waals surface area contributed by atoms with E-state index in [1.54, 1.807) is 7.11 Å². The Balaban J connectivity index is 1.38. The Hall–Kier alpha value is -2.61. The number of nitrogens with one attached hydrogen (secondary N) is 1. The summed E-state index contributed by atoms with van der Waals surface area (Å²) < 4.78 is 10.7. The van der Waals surface area contributed by atoms with E-state index in [-0.39, 0.29) is 12.1 Å². The van der Waals surface area contributed by atoms with Crippen LogP contribution in [0.3, 0.4) is 0 Å². The van der Waals surface area contributed by atoms with Crippen molar-refractivity contribution in [3.05, 3.63) is 24.5 Å². The molecule has 27 heavy (non-hydrogen) atoms. The minimum Gasteiger partial charge on any atom is -0.480 e. The fraction of sp³-hybridized carbons (Fsp3) is 0.526. The lowest BCUT2D eigenvalue weighted by molar-refractivity contribution is 0.0779. The van der Waals surface area contributed by atoms with Crippen molar-refractivity contribution in [2.45, 2.75) is 18.9 Å². The molecule has 8 nitrogen and oxygen atoms in total. The van der Waals surface area contributed by atoms with Crippen molar-refractivity contribution in [1.29, 1.82) is 0 Å². The molecular weight excluding hydrogens is 346 g/mol. The van der Waals surface area contributed by atoms with Gasteiger partial charge in [-0.05, 0) is 31.0 Å². The first-order chi connectivity index (χ1) is 13.2. The largest absolute Gasteiger partial charge is 0.480 e. The molecule has 0 aliphatic carbocycles. The number of hydrogen-bond donors (Lipinski definition) is 1. The summed E-state index contributed by atoms with van der Waals surface area (Å²) in [4.78, 5) is 25.1. The van der Waals surface area contributed by atoms with Gasteiger partial charge in [-0.2, -0.15) is 0 Å². The molecule has 2 fully saturated rings. The standard InChI is InChI=1S/C19H25N5O3/c1-26-18-16-12-15(2-3-17(16)20-13-21-18)23-6-8-24(9-7-23)19(25)22-14-4-10-27-11-5-14/h2-3,12-14H,4-11H2,1H3,(H,22,25). The topological polar surface area (TPSA) is 79.8 Å². The van der Waals surface area contributed by atoms with E-state index in [1.807, 2.05) is 11.0 Å². The predicted molar refractivity (Wildman–Crippen MR) is 102 cm³/mol. The fourth-order valence-corrected chi connectivity index (χ4v) is 3.66. The van der Waals surface area contributed by atoms with Crippen molar-refractivity contribution < 1.29 is 14.3 Å². The molecule has 2 aromatic rings. The van der Waals surface area contributed by atoms with Gasteiger partial charge in [0.25, 0.3) is 0 Å². The van der Waals surface area contributed by atoms with Gasteiger partial charge in [0.05, 0.1) is 18.0 Å². The van der Waals surface area contributed by atoms with Crippen molar-refractivity contribution in [3.63, 3.8) is 0 Å². The predicted octanol–water partition coefficient (Wildman–Crippen LogP) is 1.65. The summed E-state index contributed by atoms with van der Waals surface area (Å²) in [6.45, 7) is 4.46. The molecule has 0 spiro atoms. The number of hydrogen-bond acceptors (Lipinski definition) is 6. The molecule has 1 aromatic carbocycles. The van der Waals surface area contributed by atoms with Gasteiger partial charge in [-0.25, -0.2) is 14.8 Å². The van der Waals surface area contributed by atoms with Crippen molar-refractivity contribution in [2.75, 3.05) is 51.4 Å². The number of benzene rings is 1. The first-order valence-corrected chi connectivity index (χ1v) is 9.41. The molecule has 0 unspecified atom stereocenters. The molecule has 0 bridgehead atoms. The minimum absolute atomic E-state index is 0.0372. The van der Waals surface area contributed by atoms with Gasteiger partial charge >= 0.3 is 6.03 Å². The second kappa shape index (κ2) is 7.96. The maximum absolute atomic E-state index is 12.5. The Bertz CT molecular complexity index is 801. The van der Waals surface area contributed by atoms with E-state index in [9.17, 15) is 4.79 Å². The van der Waals surface area contributed by atoms with Gasteiger partial charge in [-0.3, -0.25) is 0 Å². The van der Waals surface area contributed by atoms with E-state index < -0.39 is 0 Å². The maximum atomic E-state index is 12.5. The van der Waals surface area contributed by atoms with Crippen LogP contribution in [-0.4, -0.2) is 73.4 Å². The number of piperazine rings is 1. The molecular formula is C19H25N5O3. The van der Waals surface area contributed by atoms with Crippen LogP contribution in [0.2, 0.25) is 0 Å². The van der Waals surface area contributed by atoms with Gasteiger partial charge in [-0.15, -0.1) is 0 Å². The zero-order valence-electron chi connectivity index (χ0n) is 15.6. The lowest BCUT2D eigenvalue weighted by atomic mass is 10.1. The summed E-state index contributed by atoms with van der Waals surface area (Å²) >= 11 is 0. The zero-order chi connectivity index (χ0) is 18.6. The summed E-state index contributed by atoms with van der Waals surface area (Å²) in [5, 5.41) is 4.04. The molecule has 2 amide bonds. The molecule has 3 heterocycles. The SMILES string of the molecule is COc1ncnc2ccc(N3CCN(C(=O)NC4CCOCC4)CC3)cc12. The number of urea groups is 1. The number of amides is 2. The van der Waals surface area contributed by atoms with E-state index in [2.05, 4.69) is 32.3 Å². The van der Waals surface area contributed by atoms with Crippen LogP contribution in [-0.2, 0) is 4.74 Å². The van der Waals surface area contributed by atoms with E-state index in [0.717, 1.165) is 55.7 Å². The van der Waals surface area contributed by atoms with E-state index in [1.165, 1.54) is 6.33 Å². The minimum atomic E-state index is 0.0372. The number of aromatic nitrogens is 2. The summed E-state index contributed by atoms with van der Waals surface area (Å²) in [5.41, 5.74) is 1.96. The Labute approximate surface area is 158 Å². The van der Waals surface area contributed by atoms with E-state index >= 15 is 0 Å². The summed E-state index contributed by atoms with van der Waals surface area (Å²) in [6, 6.07) is 6.38. The highest BCUT2D eigenvalue weighted by atomic mass is 16.5. The van der Waals surface area contributed by atoms with Gasteiger partial charge in [0.15, 0.2) is 0 Å². The van der Waals surface area contributed by atoms with Crippen LogP contribution in [0.25, 0.3) is 10.9 Å². The average Bonchev–Trinajstić information content (AvgIpc) is 2.73. The third-order valence-electron chi connectivity index (χ3n) is 5.26. The van der Waals surface area contributed by atoms with Crippen molar-refractivity contribution in [1.82, 2.24) is 20.2 Å². The molecule has 2 aliphatic rings. The number of ether oxygens (including phenoxy) is 2.